The summed E-state index contributed by atoms with van der Waals surface area (Å²) in [6, 6.07) is 17.2. The number of benzene rings is 2. The van der Waals surface area contributed by atoms with E-state index in [1.165, 1.54) is 43.4 Å². The van der Waals surface area contributed by atoms with Crippen LogP contribution in [0.4, 0.5) is 0 Å². The van der Waals surface area contributed by atoms with Gasteiger partial charge in [-0.3, -0.25) is 9.69 Å². The lowest BCUT2D eigenvalue weighted by Crippen LogP contribution is -2.43. The lowest BCUT2D eigenvalue weighted by Gasteiger charge is -2.36. The van der Waals surface area contributed by atoms with Gasteiger partial charge >= 0.3 is 0 Å². The van der Waals surface area contributed by atoms with E-state index in [-0.39, 0.29) is 5.91 Å². The first-order valence-electron chi connectivity index (χ1n) is 10.5. The Morgan fingerprint density at radius 1 is 1.07 bits per heavy atom. The second-order valence-electron chi connectivity index (χ2n) is 8.24. The van der Waals surface area contributed by atoms with Crippen LogP contribution in [0.25, 0.3) is 0 Å². The third kappa shape index (κ3) is 4.76. The van der Waals surface area contributed by atoms with Crippen LogP contribution in [0.3, 0.4) is 0 Å². The smallest absolute Gasteiger partial charge is 0.220 e. The maximum atomic E-state index is 12.3. The van der Waals surface area contributed by atoms with Gasteiger partial charge in [-0.2, -0.15) is 0 Å². The van der Waals surface area contributed by atoms with Crippen LogP contribution in [0.15, 0.2) is 48.5 Å². The number of likely N-dealkylation sites (tertiary alicyclic amines) is 1. The third-order valence-electron chi connectivity index (χ3n) is 6.31. The fraction of sp³-hybridized carbons (Fsp3) is 0.458. The molecule has 1 amide bonds. The highest BCUT2D eigenvalue weighted by molar-refractivity contribution is 6.31. The predicted octanol–water partition coefficient (Wildman–Crippen LogP) is 4.62. The molecule has 1 atom stereocenters. The maximum absolute atomic E-state index is 12.3. The van der Waals surface area contributed by atoms with Crippen molar-refractivity contribution in [1.82, 2.24) is 10.2 Å². The second kappa shape index (κ2) is 9.11. The van der Waals surface area contributed by atoms with E-state index >= 15 is 0 Å². The summed E-state index contributed by atoms with van der Waals surface area (Å²) in [5.74, 6) is 0.758. The zero-order valence-electron chi connectivity index (χ0n) is 16.4. The molecule has 4 heteroatoms. The molecule has 2 aliphatic rings. The largest absolute Gasteiger partial charge is 0.352 e. The molecule has 1 fully saturated rings. The average molecular weight is 397 g/mol. The van der Waals surface area contributed by atoms with Crippen LogP contribution in [-0.2, 0) is 24.2 Å². The van der Waals surface area contributed by atoms with Crippen LogP contribution >= 0.6 is 11.6 Å². The number of fused-ring (bicyclic) bond motifs is 1. The molecule has 0 unspecified atom stereocenters. The first-order valence-corrected chi connectivity index (χ1v) is 10.9. The van der Waals surface area contributed by atoms with E-state index < -0.39 is 0 Å². The number of carbonyl (C=O) groups excluding carboxylic acids is 1. The molecule has 2 aromatic carbocycles. The molecule has 1 heterocycles. The topological polar surface area (TPSA) is 32.3 Å². The molecule has 148 valence electrons. The summed E-state index contributed by atoms with van der Waals surface area (Å²) in [6.07, 6.45) is 6.44. The van der Waals surface area contributed by atoms with Crippen LogP contribution in [-0.4, -0.2) is 29.9 Å². The molecule has 0 spiro atoms. The first-order chi connectivity index (χ1) is 13.7. The molecule has 0 aromatic heterocycles. The minimum absolute atomic E-state index is 0.130. The summed E-state index contributed by atoms with van der Waals surface area (Å²) in [4.78, 5) is 15.0. The van der Waals surface area contributed by atoms with Crippen molar-refractivity contribution in [2.45, 2.75) is 51.1 Å². The van der Waals surface area contributed by atoms with Gasteiger partial charge < -0.3 is 5.32 Å². The van der Waals surface area contributed by atoms with Gasteiger partial charge in [0.2, 0.25) is 5.91 Å². The molecule has 1 saturated heterocycles. The fourth-order valence-corrected chi connectivity index (χ4v) is 4.92. The summed E-state index contributed by atoms with van der Waals surface area (Å²) in [5.41, 5.74) is 4.02. The van der Waals surface area contributed by atoms with Gasteiger partial charge in [0.15, 0.2) is 0 Å². The Kier molecular flexibility index (Phi) is 6.33. The Bertz CT molecular complexity index is 797. The fourth-order valence-electron chi connectivity index (χ4n) is 4.72. The van der Waals surface area contributed by atoms with Crippen molar-refractivity contribution in [2.75, 3.05) is 13.1 Å². The van der Waals surface area contributed by atoms with Gasteiger partial charge in [-0.05, 0) is 67.3 Å². The van der Waals surface area contributed by atoms with Gasteiger partial charge in [0.25, 0.3) is 0 Å². The van der Waals surface area contributed by atoms with Crippen LogP contribution in [0.5, 0.6) is 0 Å². The molecular weight excluding hydrogens is 368 g/mol. The van der Waals surface area contributed by atoms with Crippen LogP contribution in [0, 0.1) is 5.92 Å². The van der Waals surface area contributed by atoms with Gasteiger partial charge in [0, 0.05) is 30.6 Å². The van der Waals surface area contributed by atoms with Crippen molar-refractivity contribution in [2.24, 2.45) is 5.92 Å². The highest BCUT2D eigenvalue weighted by Crippen LogP contribution is 2.30. The van der Waals surface area contributed by atoms with E-state index in [4.69, 9.17) is 11.6 Å². The lowest BCUT2D eigenvalue weighted by molar-refractivity contribution is -0.121. The molecule has 4 rings (SSSR count). The summed E-state index contributed by atoms with van der Waals surface area (Å²) in [5, 5.41) is 3.73. The number of piperidine rings is 1. The third-order valence-corrected chi connectivity index (χ3v) is 6.68. The van der Waals surface area contributed by atoms with Gasteiger partial charge in [-0.1, -0.05) is 54.1 Å². The molecule has 1 aliphatic heterocycles. The molecule has 0 saturated carbocycles. The zero-order valence-corrected chi connectivity index (χ0v) is 17.1. The SMILES string of the molecule is O=C(CC[C@H]1CCCN(C2Cc3ccccc3C2)C1)NCc1ccccc1Cl. The number of nitrogens with one attached hydrogen (secondary N) is 1. The highest BCUT2D eigenvalue weighted by Gasteiger charge is 2.30. The standard InChI is InChI=1S/C24H29ClN2O/c25-23-10-4-3-9-21(23)16-26-24(28)12-11-18-6-5-13-27(17-18)22-14-19-7-1-2-8-20(19)15-22/h1-4,7-10,18,22H,5-6,11-17H2,(H,26,28)/t18-/m1/s1. The Labute approximate surface area is 173 Å². The van der Waals surface area contributed by atoms with Crippen molar-refractivity contribution >= 4 is 17.5 Å². The Balaban J connectivity index is 1.22. The zero-order chi connectivity index (χ0) is 19.3. The van der Waals surface area contributed by atoms with Crippen molar-refractivity contribution in [3.8, 4) is 0 Å². The van der Waals surface area contributed by atoms with Crippen molar-refractivity contribution in [3.05, 3.63) is 70.2 Å². The predicted molar refractivity (Wildman–Crippen MR) is 114 cm³/mol. The number of hydrogen-bond acceptors (Lipinski definition) is 2. The Morgan fingerprint density at radius 2 is 1.79 bits per heavy atom. The quantitative estimate of drug-likeness (QED) is 0.772. The van der Waals surface area contributed by atoms with E-state index in [2.05, 4.69) is 34.5 Å². The summed E-state index contributed by atoms with van der Waals surface area (Å²) in [6.45, 7) is 2.85. The van der Waals surface area contributed by atoms with Gasteiger partial charge in [0.05, 0.1) is 0 Å². The van der Waals surface area contributed by atoms with E-state index in [1.807, 2.05) is 24.3 Å². The van der Waals surface area contributed by atoms with Crippen molar-refractivity contribution < 1.29 is 4.79 Å². The minimum Gasteiger partial charge on any atom is -0.352 e. The number of amides is 1. The molecule has 1 aliphatic carbocycles. The van der Waals surface area contributed by atoms with Crippen LogP contribution < -0.4 is 5.32 Å². The lowest BCUT2D eigenvalue weighted by atomic mass is 9.92. The molecule has 28 heavy (non-hydrogen) atoms. The number of nitrogens with zero attached hydrogens (tertiary/aromatic N) is 1. The van der Waals surface area contributed by atoms with Crippen LogP contribution in [0.2, 0.25) is 5.02 Å². The van der Waals surface area contributed by atoms with Crippen molar-refractivity contribution in [1.29, 1.82) is 0 Å². The van der Waals surface area contributed by atoms with Gasteiger partial charge in [0.1, 0.15) is 0 Å². The average Bonchev–Trinajstić information content (AvgIpc) is 3.16. The molecule has 1 N–H and O–H groups in total. The monoisotopic (exact) mass is 396 g/mol. The van der Waals surface area contributed by atoms with E-state index in [0.717, 1.165) is 18.5 Å². The number of halogens is 1. The van der Waals surface area contributed by atoms with Gasteiger partial charge in [-0.15, -0.1) is 0 Å². The maximum Gasteiger partial charge on any atom is 0.220 e. The molecule has 2 aromatic rings. The van der Waals surface area contributed by atoms with Gasteiger partial charge in [-0.25, -0.2) is 0 Å². The number of carbonyl (C=O) groups is 1. The Morgan fingerprint density at radius 3 is 2.54 bits per heavy atom. The number of hydrogen-bond donors (Lipinski definition) is 1. The first kappa shape index (κ1) is 19.5. The normalized spacial score (nSPS) is 20.1. The summed E-state index contributed by atoms with van der Waals surface area (Å²) >= 11 is 6.16. The molecular formula is C24H29ClN2O. The number of rotatable bonds is 6. The molecule has 0 bridgehead atoms. The summed E-state index contributed by atoms with van der Waals surface area (Å²) < 4.78 is 0. The van der Waals surface area contributed by atoms with E-state index in [0.29, 0.717) is 29.9 Å². The van der Waals surface area contributed by atoms with Crippen LogP contribution in [0.1, 0.15) is 42.4 Å². The molecule has 0 radical (unpaired) electrons. The van der Waals surface area contributed by atoms with E-state index in [9.17, 15) is 4.79 Å². The molecule has 3 nitrogen and oxygen atoms in total. The summed E-state index contributed by atoms with van der Waals surface area (Å²) in [7, 11) is 0. The Hall–Kier alpha value is -1.84. The van der Waals surface area contributed by atoms with Crippen molar-refractivity contribution in [3.63, 3.8) is 0 Å². The second-order valence-corrected chi connectivity index (χ2v) is 8.65. The minimum atomic E-state index is 0.130. The highest BCUT2D eigenvalue weighted by atomic mass is 35.5. The van der Waals surface area contributed by atoms with E-state index in [1.54, 1.807) is 0 Å².